The van der Waals surface area contributed by atoms with Crippen molar-refractivity contribution >= 4 is 5.91 Å². The van der Waals surface area contributed by atoms with Crippen molar-refractivity contribution < 1.29 is 4.79 Å². The van der Waals surface area contributed by atoms with Gasteiger partial charge in [-0.3, -0.25) is 9.59 Å². The number of hydrogen-bond acceptors (Lipinski definition) is 4. The van der Waals surface area contributed by atoms with E-state index in [1.807, 2.05) is 0 Å². The highest BCUT2D eigenvalue weighted by molar-refractivity contribution is 5.92. The Labute approximate surface area is 140 Å². The largest absolute Gasteiger partial charge is 0.346 e. The van der Waals surface area contributed by atoms with Crippen LogP contribution < -0.4 is 10.9 Å². The quantitative estimate of drug-likeness (QED) is 0.892. The van der Waals surface area contributed by atoms with E-state index in [0.717, 1.165) is 24.4 Å². The average molecular weight is 329 g/mol. The number of hydrogen-bond donors (Lipinski definition) is 1. The molecule has 0 saturated carbocycles. The van der Waals surface area contributed by atoms with Gasteiger partial charge in [-0.05, 0) is 12.5 Å². The predicted molar refractivity (Wildman–Crippen MR) is 90.0 cm³/mol. The summed E-state index contributed by atoms with van der Waals surface area (Å²) in [5.74, 6) is 0.820. The van der Waals surface area contributed by atoms with Gasteiger partial charge in [0, 0.05) is 43.7 Å². The number of imidazole rings is 1. The molecule has 0 unspecified atom stereocenters. The lowest BCUT2D eigenvalue weighted by molar-refractivity contribution is 0.0920. The van der Waals surface area contributed by atoms with Gasteiger partial charge < -0.3 is 9.88 Å². The molecule has 7 heteroatoms. The summed E-state index contributed by atoms with van der Waals surface area (Å²) in [5, 5.41) is 7.00. The fraction of sp³-hybridized carbons (Fsp3) is 0.529. The molecule has 0 spiro atoms. The molecule has 1 N–H and O–H groups in total. The van der Waals surface area contributed by atoms with E-state index in [1.54, 1.807) is 0 Å². The Bertz CT molecular complexity index is 828. The third-order valence-corrected chi connectivity index (χ3v) is 4.29. The lowest BCUT2D eigenvalue weighted by atomic mass is 9.93. The molecule has 1 atom stereocenters. The van der Waals surface area contributed by atoms with Crippen molar-refractivity contribution in [1.82, 2.24) is 24.6 Å². The van der Waals surface area contributed by atoms with E-state index in [4.69, 9.17) is 4.98 Å². The fourth-order valence-electron chi connectivity index (χ4n) is 2.81. The summed E-state index contributed by atoms with van der Waals surface area (Å²) in [5.41, 5.74) is 1.11. The minimum absolute atomic E-state index is 0.0157. The maximum absolute atomic E-state index is 12.3. The molecule has 0 saturated heterocycles. The van der Waals surface area contributed by atoms with Crippen LogP contribution in [0.3, 0.4) is 0 Å². The van der Waals surface area contributed by atoms with Crippen LogP contribution in [-0.4, -0.2) is 31.3 Å². The van der Waals surface area contributed by atoms with E-state index >= 15 is 0 Å². The highest BCUT2D eigenvalue weighted by atomic mass is 16.2. The molecule has 0 aromatic carbocycles. The third kappa shape index (κ3) is 3.25. The second-order valence-corrected chi connectivity index (χ2v) is 7.33. The van der Waals surface area contributed by atoms with E-state index < -0.39 is 0 Å². The Morgan fingerprint density at radius 2 is 2.08 bits per heavy atom. The number of aromatic nitrogens is 4. The van der Waals surface area contributed by atoms with Crippen LogP contribution in [0.2, 0.25) is 0 Å². The normalized spacial score (nSPS) is 17.4. The molecule has 1 aliphatic heterocycles. The monoisotopic (exact) mass is 329 g/mol. The van der Waals surface area contributed by atoms with Crippen LogP contribution in [-0.2, 0) is 25.4 Å². The number of carbonyl (C=O) groups excluding carboxylic acids is 1. The van der Waals surface area contributed by atoms with Crippen LogP contribution in [0.1, 0.15) is 49.2 Å². The molecule has 0 bridgehead atoms. The van der Waals surface area contributed by atoms with Crippen molar-refractivity contribution in [1.29, 1.82) is 0 Å². The summed E-state index contributed by atoms with van der Waals surface area (Å²) >= 11 is 0. The molecule has 24 heavy (non-hydrogen) atoms. The number of fused-ring (bicyclic) bond motifs is 1. The second-order valence-electron chi connectivity index (χ2n) is 7.33. The Morgan fingerprint density at radius 3 is 2.75 bits per heavy atom. The van der Waals surface area contributed by atoms with Gasteiger partial charge >= 0.3 is 0 Å². The summed E-state index contributed by atoms with van der Waals surface area (Å²) in [6.45, 7) is 7.14. The summed E-state index contributed by atoms with van der Waals surface area (Å²) in [7, 11) is 1.53. The average Bonchev–Trinajstić information content (AvgIpc) is 2.93. The molecule has 7 nitrogen and oxygen atoms in total. The SMILES string of the molecule is Cn1nc(C(=O)N[C@H]2CCc3nc(C(C)(C)C)cn3C2)ccc1=O. The summed E-state index contributed by atoms with van der Waals surface area (Å²) < 4.78 is 3.29. The number of rotatable bonds is 2. The van der Waals surface area contributed by atoms with Crippen molar-refractivity contribution in [2.75, 3.05) is 0 Å². The Hall–Kier alpha value is -2.44. The maximum Gasteiger partial charge on any atom is 0.272 e. The number of amides is 1. The van der Waals surface area contributed by atoms with E-state index in [2.05, 4.69) is 42.0 Å². The molecule has 1 amide bonds. The van der Waals surface area contributed by atoms with Gasteiger partial charge in [0.2, 0.25) is 0 Å². The molecule has 128 valence electrons. The first kappa shape index (κ1) is 16.4. The molecule has 0 fully saturated rings. The van der Waals surface area contributed by atoms with Crippen LogP contribution in [0, 0.1) is 0 Å². The van der Waals surface area contributed by atoms with E-state index in [1.165, 1.54) is 23.9 Å². The van der Waals surface area contributed by atoms with Gasteiger partial charge in [-0.25, -0.2) is 9.67 Å². The van der Waals surface area contributed by atoms with E-state index in [9.17, 15) is 9.59 Å². The Morgan fingerprint density at radius 1 is 1.33 bits per heavy atom. The van der Waals surface area contributed by atoms with Gasteiger partial charge in [0.1, 0.15) is 11.5 Å². The van der Waals surface area contributed by atoms with Gasteiger partial charge in [-0.15, -0.1) is 0 Å². The van der Waals surface area contributed by atoms with Crippen LogP contribution in [0.4, 0.5) is 0 Å². The zero-order chi connectivity index (χ0) is 17.5. The maximum atomic E-state index is 12.3. The summed E-state index contributed by atoms with van der Waals surface area (Å²) in [6.07, 6.45) is 3.76. The van der Waals surface area contributed by atoms with Gasteiger partial charge in [-0.2, -0.15) is 5.10 Å². The first-order valence-electron chi connectivity index (χ1n) is 8.16. The van der Waals surface area contributed by atoms with Crippen LogP contribution in [0.5, 0.6) is 0 Å². The van der Waals surface area contributed by atoms with E-state index in [-0.39, 0.29) is 28.6 Å². The van der Waals surface area contributed by atoms with Crippen molar-refractivity contribution in [3.8, 4) is 0 Å². The molecular weight excluding hydrogens is 306 g/mol. The van der Waals surface area contributed by atoms with Gasteiger partial charge in [0.15, 0.2) is 0 Å². The van der Waals surface area contributed by atoms with Crippen LogP contribution in [0.25, 0.3) is 0 Å². The lowest BCUT2D eigenvalue weighted by Gasteiger charge is -2.24. The molecular formula is C17H23N5O2. The Kier molecular flexibility index (Phi) is 4.03. The predicted octanol–water partition coefficient (Wildman–Crippen LogP) is 1.02. The summed E-state index contributed by atoms with van der Waals surface area (Å²) in [4.78, 5) is 28.4. The van der Waals surface area contributed by atoms with Crippen molar-refractivity contribution in [2.45, 2.75) is 51.6 Å². The highest BCUT2D eigenvalue weighted by Gasteiger charge is 2.25. The Balaban J connectivity index is 1.71. The fourth-order valence-corrected chi connectivity index (χ4v) is 2.81. The molecule has 2 aromatic heterocycles. The van der Waals surface area contributed by atoms with Crippen LogP contribution >= 0.6 is 0 Å². The topological polar surface area (TPSA) is 81.8 Å². The number of nitrogens with one attached hydrogen (secondary N) is 1. The molecule has 3 rings (SSSR count). The third-order valence-electron chi connectivity index (χ3n) is 4.29. The van der Waals surface area contributed by atoms with Crippen LogP contribution in [0.15, 0.2) is 23.1 Å². The molecule has 0 radical (unpaired) electrons. The van der Waals surface area contributed by atoms with Gasteiger partial charge in [0.25, 0.3) is 11.5 Å². The van der Waals surface area contributed by atoms with Gasteiger partial charge in [0.05, 0.1) is 5.69 Å². The summed E-state index contributed by atoms with van der Waals surface area (Å²) in [6, 6.07) is 2.85. The zero-order valence-corrected chi connectivity index (χ0v) is 14.5. The minimum atomic E-state index is -0.254. The van der Waals surface area contributed by atoms with Crippen molar-refractivity contribution in [2.24, 2.45) is 7.05 Å². The number of nitrogens with zero attached hydrogens (tertiary/aromatic N) is 4. The van der Waals surface area contributed by atoms with Gasteiger partial charge in [-0.1, -0.05) is 20.8 Å². The lowest BCUT2D eigenvalue weighted by Crippen LogP contribution is -2.41. The molecule has 1 aliphatic rings. The molecule has 0 aliphatic carbocycles. The standard InChI is InChI=1S/C17H23N5O2/c1-17(2,3)13-10-22-9-11(5-7-14(22)19-13)18-16(24)12-6-8-15(23)21(4)20-12/h6,8,10-11H,5,7,9H2,1-4H3,(H,18,24)/t11-/m0/s1. The zero-order valence-electron chi connectivity index (χ0n) is 14.5. The number of carbonyl (C=O) groups is 1. The second kappa shape index (κ2) is 5.89. The molecule has 2 aromatic rings. The van der Waals surface area contributed by atoms with Crippen molar-refractivity contribution in [3.05, 3.63) is 45.9 Å². The highest BCUT2D eigenvalue weighted by Crippen LogP contribution is 2.24. The van der Waals surface area contributed by atoms with Crippen molar-refractivity contribution in [3.63, 3.8) is 0 Å². The molecule has 3 heterocycles. The minimum Gasteiger partial charge on any atom is -0.346 e. The van der Waals surface area contributed by atoms with E-state index in [0.29, 0.717) is 6.54 Å². The first-order chi connectivity index (χ1) is 11.2. The first-order valence-corrected chi connectivity index (χ1v) is 8.16. The smallest absolute Gasteiger partial charge is 0.272 e. The number of aryl methyl sites for hydroxylation is 2.